The molecular formula is C16H23FN2O. The van der Waals surface area contributed by atoms with Crippen LogP contribution >= 0.6 is 0 Å². The number of hydrogen-bond donors (Lipinski definition) is 1. The van der Waals surface area contributed by atoms with E-state index in [0.29, 0.717) is 6.04 Å². The van der Waals surface area contributed by atoms with Crippen molar-refractivity contribution in [2.45, 2.75) is 38.3 Å². The van der Waals surface area contributed by atoms with Crippen LogP contribution in [0.4, 0.5) is 4.39 Å². The van der Waals surface area contributed by atoms with Crippen LogP contribution in [-0.4, -0.2) is 43.2 Å². The molecule has 2 atom stereocenters. The van der Waals surface area contributed by atoms with Crippen molar-refractivity contribution in [2.24, 2.45) is 0 Å². The molecule has 2 heterocycles. The molecule has 1 saturated heterocycles. The first-order valence-corrected chi connectivity index (χ1v) is 7.66. The van der Waals surface area contributed by atoms with Gasteiger partial charge in [-0.15, -0.1) is 0 Å². The first-order chi connectivity index (χ1) is 9.76. The lowest BCUT2D eigenvalue weighted by molar-refractivity contribution is 0.121. The van der Waals surface area contributed by atoms with Gasteiger partial charge in [0.25, 0.3) is 0 Å². The summed E-state index contributed by atoms with van der Waals surface area (Å²) in [4.78, 5) is 2.53. The van der Waals surface area contributed by atoms with Crippen LogP contribution < -0.4 is 10.1 Å². The molecule has 0 radical (unpaired) electrons. The third-order valence-corrected chi connectivity index (χ3v) is 4.26. The predicted molar refractivity (Wildman–Crippen MR) is 77.7 cm³/mol. The van der Waals surface area contributed by atoms with Gasteiger partial charge in [-0.1, -0.05) is 6.92 Å². The Hall–Kier alpha value is -1.13. The lowest BCUT2D eigenvalue weighted by Crippen LogP contribution is -2.43. The molecule has 0 amide bonds. The van der Waals surface area contributed by atoms with E-state index in [2.05, 4.69) is 17.1 Å². The van der Waals surface area contributed by atoms with Gasteiger partial charge in [0.15, 0.2) is 0 Å². The Labute approximate surface area is 120 Å². The molecule has 0 spiro atoms. The van der Waals surface area contributed by atoms with E-state index < -0.39 is 0 Å². The Bertz CT molecular complexity index is 460. The Kier molecular flexibility index (Phi) is 4.22. The highest BCUT2D eigenvalue weighted by atomic mass is 19.1. The topological polar surface area (TPSA) is 24.5 Å². The average molecular weight is 278 g/mol. The number of nitrogens with zero attached hydrogens (tertiary/aromatic N) is 1. The fourth-order valence-corrected chi connectivity index (χ4v) is 3.31. The van der Waals surface area contributed by atoms with Gasteiger partial charge < -0.3 is 10.1 Å². The van der Waals surface area contributed by atoms with Crippen LogP contribution in [0, 0.1) is 5.82 Å². The number of rotatable bonds is 5. The molecule has 0 aromatic heterocycles. The zero-order chi connectivity index (χ0) is 13.9. The number of benzene rings is 1. The molecule has 1 aromatic carbocycles. The molecule has 0 bridgehead atoms. The molecule has 2 aliphatic heterocycles. The number of fused-ring (bicyclic) bond motifs is 1. The molecule has 0 aliphatic carbocycles. The molecule has 2 aliphatic rings. The Morgan fingerprint density at radius 2 is 2.35 bits per heavy atom. The summed E-state index contributed by atoms with van der Waals surface area (Å²) in [6.45, 7) is 6.46. The summed E-state index contributed by atoms with van der Waals surface area (Å²) < 4.78 is 19.2. The van der Waals surface area contributed by atoms with Gasteiger partial charge >= 0.3 is 0 Å². The van der Waals surface area contributed by atoms with Gasteiger partial charge in [0.2, 0.25) is 0 Å². The normalized spacial score (nSPS) is 24.9. The Morgan fingerprint density at radius 1 is 1.45 bits per heavy atom. The van der Waals surface area contributed by atoms with Crippen LogP contribution in [0.2, 0.25) is 0 Å². The molecular weight excluding hydrogens is 255 g/mol. The second-order valence-corrected chi connectivity index (χ2v) is 5.84. The maximum atomic E-state index is 13.2. The molecule has 1 N–H and O–H groups in total. The van der Waals surface area contributed by atoms with Crippen LogP contribution in [0.3, 0.4) is 0 Å². The zero-order valence-corrected chi connectivity index (χ0v) is 12.1. The number of halogens is 1. The van der Waals surface area contributed by atoms with E-state index in [1.54, 1.807) is 12.1 Å². The second-order valence-electron chi connectivity index (χ2n) is 5.84. The largest absolute Gasteiger partial charge is 0.488 e. The summed E-state index contributed by atoms with van der Waals surface area (Å²) in [7, 11) is 0. The summed E-state index contributed by atoms with van der Waals surface area (Å²) in [5.74, 6) is 0.691. The van der Waals surface area contributed by atoms with Gasteiger partial charge in [-0.3, -0.25) is 4.90 Å². The van der Waals surface area contributed by atoms with Crippen molar-refractivity contribution in [1.82, 2.24) is 10.2 Å². The number of hydrogen-bond acceptors (Lipinski definition) is 3. The van der Waals surface area contributed by atoms with E-state index in [1.165, 1.54) is 12.5 Å². The van der Waals surface area contributed by atoms with Gasteiger partial charge in [0.05, 0.1) is 0 Å². The van der Waals surface area contributed by atoms with Crippen LogP contribution in [0.5, 0.6) is 5.75 Å². The summed E-state index contributed by atoms with van der Waals surface area (Å²) in [5, 5.41) is 3.43. The first kappa shape index (κ1) is 13.8. The number of nitrogens with one attached hydrogen (secondary N) is 1. The average Bonchev–Trinajstić information content (AvgIpc) is 3.06. The van der Waals surface area contributed by atoms with E-state index in [9.17, 15) is 4.39 Å². The molecule has 1 aromatic rings. The first-order valence-electron chi connectivity index (χ1n) is 7.66. The van der Waals surface area contributed by atoms with E-state index in [1.807, 2.05) is 0 Å². The highest BCUT2D eigenvalue weighted by Crippen LogP contribution is 2.30. The third-order valence-electron chi connectivity index (χ3n) is 4.26. The quantitative estimate of drug-likeness (QED) is 0.893. The van der Waals surface area contributed by atoms with Gasteiger partial charge in [0.1, 0.15) is 17.7 Å². The van der Waals surface area contributed by atoms with Gasteiger partial charge in [-0.2, -0.15) is 0 Å². The van der Waals surface area contributed by atoms with Gasteiger partial charge in [-0.25, -0.2) is 4.39 Å². The summed E-state index contributed by atoms with van der Waals surface area (Å²) in [6.07, 6.45) is 3.37. The van der Waals surface area contributed by atoms with E-state index >= 15 is 0 Å². The minimum atomic E-state index is -0.168. The van der Waals surface area contributed by atoms with Crippen LogP contribution in [0.15, 0.2) is 18.2 Å². The fourth-order valence-electron chi connectivity index (χ4n) is 3.31. The SMILES string of the molecule is CCCN(CC1Cc2cc(F)ccc2O1)C1CCNC1. The molecule has 1 fully saturated rings. The maximum absolute atomic E-state index is 13.2. The fraction of sp³-hybridized carbons (Fsp3) is 0.625. The molecule has 3 nitrogen and oxygen atoms in total. The Morgan fingerprint density at radius 3 is 3.10 bits per heavy atom. The van der Waals surface area contributed by atoms with Crippen molar-refractivity contribution in [3.05, 3.63) is 29.6 Å². The smallest absolute Gasteiger partial charge is 0.123 e. The third kappa shape index (κ3) is 2.96. The molecule has 3 rings (SSSR count). The zero-order valence-electron chi connectivity index (χ0n) is 12.1. The molecule has 110 valence electrons. The van der Waals surface area contributed by atoms with E-state index in [0.717, 1.165) is 50.3 Å². The second kappa shape index (κ2) is 6.10. The summed E-state index contributed by atoms with van der Waals surface area (Å²) >= 11 is 0. The highest BCUT2D eigenvalue weighted by Gasteiger charge is 2.29. The molecule has 20 heavy (non-hydrogen) atoms. The van der Waals surface area contributed by atoms with E-state index in [4.69, 9.17) is 4.74 Å². The van der Waals surface area contributed by atoms with Crippen molar-refractivity contribution in [3.63, 3.8) is 0 Å². The van der Waals surface area contributed by atoms with Gasteiger partial charge in [0, 0.05) is 31.1 Å². The molecule has 2 unspecified atom stereocenters. The lowest BCUT2D eigenvalue weighted by Gasteiger charge is -2.30. The lowest BCUT2D eigenvalue weighted by atomic mass is 10.1. The van der Waals surface area contributed by atoms with E-state index in [-0.39, 0.29) is 11.9 Å². The monoisotopic (exact) mass is 278 g/mol. The van der Waals surface area contributed by atoms with Crippen LogP contribution in [0.1, 0.15) is 25.3 Å². The Balaban J connectivity index is 1.62. The summed E-state index contributed by atoms with van der Waals surface area (Å²) in [6, 6.07) is 5.47. The summed E-state index contributed by atoms with van der Waals surface area (Å²) in [5.41, 5.74) is 1.01. The predicted octanol–water partition coefficient (Wildman–Crippen LogP) is 2.20. The minimum Gasteiger partial charge on any atom is -0.488 e. The van der Waals surface area contributed by atoms with Crippen LogP contribution in [-0.2, 0) is 6.42 Å². The number of ether oxygens (including phenoxy) is 1. The highest BCUT2D eigenvalue weighted by molar-refractivity contribution is 5.37. The molecule has 4 heteroatoms. The van der Waals surface area contributed by atoms with Crippen molar-refractivity contribution in [1.29, 1.82) is 0 Å². The minimum absolute atomic E-state index is 0.166. The maximum Gasteiger partial charge on any atom is 0.123 e. The van der Waals surface area contributed by atoms with Crippen molar-refractivity contribution in [2.75, 3.05) is 26.2 Å². The van der Waals surface area contributed by atoms with Crippen LogP contribution in [0.25, 0.3) is 0 Å². The van der Waals surface area contributed by atoms with Crippen molar-refractivity contribution < 1.29 is 9.13 Å². The van der Waals surface area contributed by atoms with Gasteiger partial charge in [-0.05, 0) is 44.1 Å². The standard InChI is InChI=1S/C16H23FN2O/c1-2-7-19(14-5-6-18-10-14)11-15-9-12-8-13(17)3-4-16(12)20-15/h3-4,8,14-15,18H,2,5-7,9-11H2,1H3. The molecule has 0 saturated carbocycles. The van der Waals surface area contributed by atoms with Crippen molar-refractivity contribution in [3.8, 4) is 5.75 Å². The van der Waals surface area contributed by atoms with Crippen molar-refractivity contribution >= 4 is 0 Å².